The summed E-state index contributed by atoms with van der Waals surface area (Å²) in [5, 5.41) is 0. The van der Waals surface area contributed by atoms with Gasteiger partial charge in [-0.15, -0.1) is 11.8 Å². The maximum atomic E-state index is 13.4. The number of nitrogens with zero attached hydrogens (tertiary/aromatic N) is 2. The quantitative estimate of drug-likeness (QED) is 0.596. The van der Waals surface area contributed by atoms with E-state index in [0.29, 0.717) is 33.2 Å². The smallest absolute Gasteiger partial charge is 0.272 e. The highest BCUT2D eigenvalue weighted by molar-refractivity contribution is 8.04. The van der Waals surface area contributed by atoms with Crippen molar-refractivity contribution in [1.29, 1.82) is 0 Å². The minimum atomic E-state index is -0.314. The number of hydrogen-bond acceptors (Lipinski definition) is 5. The van der Waals surface area contributed by atoms with Gasteiger partial charge in [0.05, 0.1) is 23.3 Å². The van der Waals surface area contributed by atoms with Gasteiger partial charge < -0.3 is 9.64 Å². The Kier molecular flexibility index (Phi) is 6.64. The van der Waals surface area contributed by atoms with E-state index in [9.17, 15) is 9.59 Å². The van der Waals surface area contributed by atoms with Gasteiger partial charge in [0.25, 0.3) is 11.8 Å². The first kappa shape index (κ1) is 21.0. The normalized spacial score (nSPS) is 14.0. The molecule has 0 aliphatic carbocycles. The standard InChI is InChI=1S/C23H26N2O3S/c1-5-24(6-2)16-12-14-17(15-13-16)25-22(26)20(21(23(25)27)29-7-3)18-10-8-9-11-19(18)28-4/h8-15H,5-7H2,1-4H3. The van der Waals surface area contributed by atoms with Crippen LogP contribution in [0.5, 0.6) is 5.75 Å². The topological polar surface area (TPSA) is 49.9 Å². The predicted molar refractivity (Wildman–Crippen MR) is 121 cm³/mol. The number of benzene rings is 2. The number of anilines is 2. The number of imide groups is 1. The summed E-state index contributed by atoms with van der Waals surface area (Å²) in [5.74, 6) is 0.683. The molecule has 0 atom stereocenters. The number of hydrogen-bond donors (Lipinski definition) is 0. The maximum Gasteiger partial charge on any atom is 0.272 e. The van der Waals surface area contributed by atoms with Crippen LogP contribution in [0, 0.1) is 0 Å². The van der Waals surface area contributed by atoms with Gasteiger partial charge in [0.2, 0.25) is 0 Å². The monoisotopic (exact) mass is 410 g/mol. The molecule has 1 aliphatic heterocycles. The highest BCUT2D eigenvalue weighted by Gasteiger charge is 2.40. The lowest BCUT2D eigenvalue weighted by atomic mass is 10.0. The summed E-state index contributed by atoms with van der Waals surface area (Å²) in [6.45, 7) is 7.96. The van der Waals surface area contributed by atoms with Crippen molar-refractivity contribution in [3.63, 3.8) is 0 Å². The van der Waals surface area contributed by atoms with E-state index in [1.807, 2.05) is 49.4 Å². The van der Waals surface area contributed by atoms with Crippen molar-refractivity contribution in [2.45, 2.75) is 20.8 Å². The molecular weight excluding hydrogens is 384 g/mol. The summed E-state index contributed by atoms with van der Waals surface area (Å²) in [6, 6.07) is 14.9. The molecule has 0 saturated heterocycles. The third kappa shape index (κ3) is 3.90. The Bertz CT molecular complexity index is 933. The summed E-state index contributed by atoms with van der Waals surface area (Å²) in [6.07, 6.45) is 0. The molecule has 29 heavy (non-hydrogen) atoms. The molecule has 0 spiro atoms. The van der Waals surface area contributed by atoms with Gasteiger partial charge in [-0.1, -0.05) is 25.1 Å². The zero-order valence-electron chi connectivity index (χ0n) is 17.3. The van der Waals surface area contributed by atoms with Crippen LogP contribution in [0.15, 0.2) is 53.4 Å². The molecule has 0 N–H and O–H groups in total. The molecule has 0 saturated carbocycles. The van der Waals surface area contributed by atoms with Crippen LogP contribution in [0.4, 0.5) is 11.4 Å². The van der Waals surface area contributed by atoms with Crippen molar-refractivity contribution in [2.24, 2.45) is 0 Å². The molecule has 0 radical (unpaired) electrons. The van der Waals surface area contributed by atoms with Gasteiger partial charge in [-0.25, -0.2) is 4.90 Å². The molecule has 0 bridgehead atoms. The number of rotatable bonds is 8. The number of thioether (sulfide) groups is 1. The Morgan fingerprint density at radius 1 is 0.931 bits per heavy atom. The van der Waals surface area contributed by atoms with Crippen LogP contribution < -0.4 is 14.5 Å². The third-order valence-corrected chi connectivity index (χ3v) is 5.90. The second-order valence-electron chi connectivity index (χ2n) is 6.47. The highest BCUT2D eigenvalue weighted by atomic mass is 32.2. The third-order valence-electron chi connectivity index (χ3n) is 4.94. The maximum absolute atomic E-state index is 13.4. The van der Waals surface area contributed by atoms with Crippen LogP contribution >= 0.6 is 11.8 Å². The van der Waals surface area contributed by atoms with Crippen LogP contribution in [0.1, 0.15) is 26.3 Å². The van der Waals surface area contributed by atoms with Crippen LogP contribution in [-0.2, 0) is 9.59 Å². The van der Waals surface area contributed by atoms with Crippen LogP contribution in [0.3, 0.4) is 0 Å². The number of carbonyl (C=O) groups is 2. The lowest BCUT2D eigenvalue weighted by Crippen LogP contribution is -2.31. The van der Waals surface area contributed by atoms with Crippen molar-refractivity contribution in [3.05, 3.63) is 59.0 Å². The molecule has 1 aliphatic rings. The molecule has 0 aromatic heterocycles. The molecule has 3 rings (SSSR count). The summed E-state index contributed by atoms with van der Waals surface area (Å²) in [4.78, 5) is 30.5. The van der Waals surface area contributed by atoms with Gasteiger partial charge in [-0.05, 0) is 49.9 Å². The van der Waals surface area contributed by atoms with Gasteiger partial charge >= 0.3 is 0 Å². The fraction of sp³-hybridized carbons (Fsp3) is 0.304. The largest absolute Gasteiger partial charge is 0.496 e. The molecule has 0 unspecified atom stereocenters. The van der Waals surface area contributed by atoms with E-state index in [4.69, 9.17) is 4.74 Å². The van der Waals surface area contributed by atoms with Crippen molar-refractivity contribution in [2.75, 3.05) is 35.8 Å². The molecule has 5 nitrogen and oxygen atoms in total. The van der Waals surface area contributed by atoms with Crippen LogP contribution in [-0.4, -0.2) is 37.8 Å². The van der Waals surface area contributed by atoms with Crippen LogP contribution in [0.2, 0.25) is 0 Å². The van der Waals surface area contributed by atoms with Crippen molar-refractivity contribution in [1.82, 2.24) is 0 Å². The van der Waals surface area contributed by atoms with Crippen molar-refractivity contribution < 1.29 is 14.3 Å². The summed E-state index contributed by atoms with van der Waals surface area (Å²) in [5.41, 5.74) is 2.70. The number of para-hydroxylation sites is 1. The Hall–Kier alpha value is -2.73. The zero-order valence-corrected chi connectivity index (χ0v) is 18.1. The van der Waals surface area contributed by atoms with Gasteiger partial charge in [0, 0.05) is 24.3 Å². The average Bonchev–Trinajstić information content (AvgIpc) is 2.99. The van der Waals surface area contributed by atoms with Crippen molar-refractivity contribution >= 4 is 40.5 Å². The molecule has 2 aromatic carbocycles. The number of carbonyl (C=O) groups excluding carboxylic acids is 2. The molecule has 2 amide bonds. The number of ether oxygens (including phenoxy) is 1. The summed E-state index contributed by atoms with van der Waals surface area (Å²) >= 11 is 1.39. The molecule has 1 heterocycles. The summed E-state index contributed by atoms with van der Waals surface area (Å²) < 4.78 is 5.44. The molecule has 2 aromatic rings. The van der Waals surface area contributed by atoms with E-state index in [0.717, 1.165) is 18.8 Å². The minimum absolute atomic E-state index is 0.279. The molecule has 152 valence electrons. The van der Waals surface area contributed by atoms with E-state index < -0.39 is 0 Å². The van der Waals surface area contributed by atoms with Gasteiger partial charge in [-0.3, -0.25) is 9.59 Å². The van der Waals surface area contributed by atoms with E-state index >= 15 is 0 Å². The van der Waals surface area contributed by atoms with E-state index in [-0.39, 0.29) is 11.8 Å². The van der Waals surface area contributed by atoms with Gasteiger partial charge in [-0.2, -0.15) is 0 Å². The highest BCUT2D eigenvalue weighted by Crippen LogP contribution is 2.41. The predicted octanol–water partition coefficient (Wildman–Crippen LogP) is 4.58. The van der Waals surface area contributed by atoms with Crippen LogP contribution in [0.25, 0.3) is 5.57 Å². The van der Waals surface area contributed by atoms with E-state index in [1.54, 1.807) is 13.2 Å². The Morgan fingerprint density at radius 2 is 1.59 bits per heavy atom. The Balaban J connectivity index is 2.02. The fourth-order valence-electron chi connectivity index (χ4n) is 3.51. The van der Waals surface area contributed by atoms with Crippen molar-refractivity contribution in [3.8, 4) is 5.75 Å². The first-order valence-corrected chi connectivity index (χ1v) is 10.8. The lowest BCUT2D eigenvalue weighted by molar-refractivity contribution is -0.119. The number of methoxy groups -OCH3 is 1. The SMILES string of the molecule is CCSC1=C(c2ccccc2OC)C(=O)N(c2ccc(N(CC)CC)cc2)C1=O. The second-order valence-corrected chi connectivity index (χ2v) is 7.75. The summed E-state index contributed by atoms with van der Waals surface area (Å²) in [7, 11) is 1.57. The Labute approximate surface area is 176 Å². The molecule has 0 fully saturated rings. The lowest BCUT2D eigenvalue weighted by Gasteiger charge is -2.22. The Morgan fingerprint density at radius 3 is 2.17 bits per heavy atom. The zero-order chi connectivity index (χ0) is 21.0. The first-order chi connectivity index (χ1) is 14.1. The number of amides is 2. The van der Waals surface area contributed by atoms with E-state index in [1.165, 1.54) is 16.7 Å². The van der Waals surface area contributed by atoms with Gasteiger partial charge in [0.15, 0.2) is 0 Å². The fourth-order valence-corrected chi connectivity index (χ4v) is 4.36. The molecular formula is C23H26N2O3S. The first-order valence-electron chi connectivity index (χ1n) is 9.81. The van der Waals surface area contributed by atoms with Gasteiger partial charge in [0.1, 0.15) is 5.75 Å². The average molecular weight is 411 g/mol. The second kappa shape index (κ2) is 9.18. The van der Waals surface area contributed by atoms with E-state index in [2.05, 4.69) is 18.7 Å². The molecule has 6 heteroatoms. The minimum Gasteiger partial charge on any atom is -0.496 e.